The van der Waals surface area contributed by atoms with E-state index < -0.39 is 13.0 Å². The molecule has 2 aromatic rings. The molecule has 3 N–H and O–H groups in total. The van der Waals surface area contributed by atoms with E-state index in [0.717, 1.165) is 16.3 Å². The second-order valence-corrected chi connectivity index (χ2v) is 4.42. The number of hydrogen-bond acceptors (Lipinski definition) is 4. The first-order valence-corrected chi connectivity index (χ1v) is 6.37. The summed E-state index contributed by atoms with van der Waals surface area (Å²) in [5, 5.41) is 2.05. The van der Waals surface area contributed by atoms with Crippen molar-refractivity contribution < 1.29 is 13.5 Å². The molecule has 1 aromatic carbocycles. The van der Waals surface area contributed by atoms with E-state index in [1.807, 2.05) is 24.3 Å². The minimum Gasteiger partial charge on any atom is -0.375 e. The molecule has 0 bridgehead atoms. The fourth-order valence-corrected chi connectivity index (χ4v) is 2.15. The molecule has 20 heavy (non-hydrogen) atoms. The number of aromatic nitrogens is 1. The van der Waals surface area contributed by atoms with Crippen LogP contribution in [0.5, 0.6) is 0 Å². The number of alkyl halides is 2. The Kier molecular flexibility index (Phi) is 5.34. The van der Waals surface area contributed by atoms with Gasteiger partial charge in [0.1, 0.15) is 6.61 Å². The fraction of sp³-hybridized carbons (Fsp3) is 0.357. The minimum absolute atomic E-state index is 0.154. The molecule has 1 unspecified atom stereocenters. The molecule has 0 amide bonds. The van der Waals surface area contributed by atoms with Gasteiger partial charge in [0.15, 0.2) is 0 Å². The summed E-state index contributed by atoms with van der Waals surface area (Å²) in [4.78, 5) is 4.07. The summed E-state index contributed by atoms with van der Waals surface area (Å²) in [5.74, 6) is 5.57. The largest absolute Gasteiger partial charge is 0.375 e. The van der Waals surface area contributed by atoms with Gasteiger partial charge in [0.05, 0.1) is 0 Å². The molecule has 0 aliphatic rings. The number of ether oxygens (including phenoxy) is 1. The number of nitrogens with one attached hydrogen (secondary N) is 1. The molecular formula is C14H17F2N3O. The highest BCUT2D eigenvalue weighted by Crippen LogP contribution is 2.25. The van der Waals surface area contributed by atoms with E-state index in [-0.39, 0.29) is 12.6 Å². The average molecular weight is 281 g/mol. The van der Waals surface area contributed by atoms with Crippen molar-refractivity contribution in [1.29, 1.82) is 0 Å². The maximum Gasteiger partial charge on any atom is 0.261 e. The number of nitrogens with zero attached hydrogens (tertiary/aromatic N) is 1. The topological polar surface area (TPSA) is 60.2 Å². The van der Waals surface area contributed by atoms with Crippen molar-refractivity contribution in [3.05, 3.63) is 42.2 Å². The Morgan fingerprint density at radius 1 is 1.30 bits per heavy atom. The number of fused-ring (bicyclic) bond motifs is 1. The first kappa shape index (κ1) is 14.8. The summed E-state index contributed by atoms with van der Waals surface area (Å²) < 4.78 is 28.9. The molecule has 1 atom stereocenters. The number of hydrazine groups is 1. The van der Waals surface area contributed by atoms with Gasteiger partial charge in [-0.15, -0.1) is 0 Å². The Balaban J connectivity index is 2.09. The quantitative estimate of drug-likeness (QED) is 0.465. The van der Waals surface area contributed by atoms with Crippen LogP contribution in [0.15, 0.2) is 36.7 Å². The zero-order chi connectivity index (χ0) is 14.4. The Morgan fingerprint density at radius 3 is 2.90 bits per heavy atom. The fourth-order valence-electron chi connectivity index (χ4n) is 2.15. The Labute approximate surface area is 115 Å². The summed E-state index contributed by atoms with van der Waals surface area (Å²) in [6, 6.07) is 7.60. The van der Waals surface area contributed by atoms with Gasteiger partial charge in [-0.25, -0.2) is 8.78 Å². The van der Waals surface area contributed by atoms with E-state index in [4.69, 9.17) is 10.6 Å². The molecule has 0 saturated heterocycles. The summed E-state index contributed by atoms with van der Waals surface area (Å²) >= 11 is 0. The summed E-state index contributed by atoms with van der Waals surface area (Å²) in [6.07, 6.45) is 1.57. The first-order chi connectivity index (χ1) is 9.72. The lowest BCUT2D eigenvalue weighted by Crippen LogP contribution is -2.29. The third kappa shape index (κ3) is 3.69. The first-order valence-electron chi connectivity index (χ1n) is 6.37. The van der Waals surface area contributed by atoms with Crippen molar-refractivity contribution in [3.8, 4) is 0 Å². The number of hydrogen-bond donors (Lipinski definition) is 2. The third-order valence-corrected chi connectivity index (χ3v) is 3.09. The maximum absolute atomic E-state index is 12.0. The zero-order valence-electron chi connectivity index (χ0n) is 10.9. The third-order valence-electron chi connectivity index (χ3n) is 3.09. The van der Waals surface area contributed by atoms with Crippen molar-refractivity contribution in [2.75, 3.05) is 13.2 Å². The smallest absolute Gasteiger partial charge is 0.261 e. The van der Waals surface area contributed by atoms with Gasteiger partial charge < -0.3 is 4.74 Å². The molecule has 0 fully saturated rings. The predicted octanol–water partition coefficient (Wildman–Crippen LogP) is 2.41. The molecule has 0 aliphatic carbocycles. The number of rotatable bonds is 7. The molecule has 6 heteroatoms. The van der Waals surface area contributed by atoms with Gasteiger partial charge in [-0.3, -0.25) is 16.3 Å². The van der Waals surface area contributed by atoms with Gasteiger partial charge in [-0.05, 0) is 23.4 Å². The standard InChI is InChI=1S/C14H17F2N3O/c15-14(16)9-20-7-5-13(19-17)12-3-1-2-10-8-18-6-4-11(10)12/h1-4,6,8,13-14,19H,5,7,9,17H2. The SMILES string of the molecule is NNC(CCOCC(F)F)c1cccc2cnccc12. The van der Waals surface area contributed by atoms with Crippen LogP contribution in [0, 0.1) is 0 Å². The van der Waals surface area contributed by atoms with Crippen molar-refractivity contribution in [2.24, 2.45) is 5.84 Å². The molecule has 0 aliphatic heterocycles. The highest BCUT2D eigenvalue weighted by atomic mass is 19.3. The second kappa shape index (κ2) is 7.23. The highest BCUT2D eigenvalue weighted by molar-refractivity contribution is 5.85. The van der Waals surface area contributed by atoms with Gasteiger partial charge >= 0.3 is 0 Å². The van der Waals surface area contributed by atoms with Crippen LogP contribution < -0.4 is 11.3 Å². The van der Waals surface area contributed by atoms with Crippen molar-refractivity contribution in [1.82, 2.24) is 10.4 Å². The molecular weight excluding hydrogens is 264 g/mol. The molecule has 1 aromatic heterocycles. The van der Waals surface area contributed by atoms with Gasteiger partial charge in [-0.1, -0.05) is 18.2 Å². The number of nitrogens with two attached hydrogens (primary N) is 1. The van der Waals surface area contributed by atoms with E-state index in [2.05, 4.69) is 10.4 Å². The number of halogens is 2. The second-order valence-electron chi connectivity index (χ2n) is 4.42. The molecule has 4 nitrogen and oxygen atoms in total. The number of pyridine rings is 1. The van der Waals surface area contributed by atoms with Crippen LogP contribution in [0.3, 0.4) is 0 Å². The summed E-state index contributed by atoms with van der Waals surface area (Å²) in [7, 11) is 0. The Hall–Kier alpha value is -1.63. The highest BCUT2D eigenvalue weighted by Gasteiger charge is 2.13. The lowest BCUT2D eigenvalue weighted by Gasteiger charge is -2.18. The Morgan fingerprint density at radius 2 is 2.15 bits per heavy atom. The zero-order valence-corrected chi connectivity index (χ0v) is 10.9. The van der Waals surface area contributed by atoms with Gasteiger partial charge in [0.25, 0.3) is 6.43 Å². The van der Waals surface area contributed by atoms with Crippen molar-refractivity contribution in [3.63, 3.8) is 0 Å². The number of benzene rings is 1. The molecule has 108 valence electrons. The van der Waals surface area contributed by atoms with Crippen LogP contribution in [0.2, 0.25) is 0 Å². The van der Waals surface area contributed by atoms with E-state index in [9.17, 15) is 8.78 Å². The van der Waals surface area contributed by atoms with E-state index in [0.29, 0.717) is 6.42 Å². The normalized spacial score (nSPS) is 13.0. The minimum atomic E-state index is -2.44. The monoisotopic (exact) mass is 281 g/mol. The molecule has 1 heterocycles. The molecule has 0 saturated carbocycles. The average Bonchev–Trinajstić information content (AvgIpc) is 2.47. The van der Waals surface area contributed by atoms with Crippen LogP contribution in [0.4, 0.5) is 8.78 Å². The lowest BCUT2D eigenvalue weighted by molar-refractivity contribution is 0.0144. The van der Waals surface area contributed by atoms with Crippen molar-refractivity contribution >= 4 is 10.8 Å². The maximum atomic E-state index is 12.0. The van der Waals surface area contributed by atoms with Gasteiger partial charge in [0, 0.05) is 30.4 Å². The predicted molar refractivity (Wildman–Crippen MR) is 73.2 cm³/mol. The molecule has 0 radical (unpaired) electrons. The van der Waals surface area contributed by atoms with Gasteiger partial charge in [-0.2, -0.15) is 0 Å². The van der Waals surface area contributed by atoms with Crippen LogP contribution in [-0.2, 0) is 4.74 Å². The lowest BCUT2D eigenvalue weighted by atomic mass is 9.98. The van der Waals surface area contributed by atoms with E-state index >= 15 is 0 Å². The molecule has 2 rings (SSSR count). The van der Waals surface area contributed by atoms with Crippen LogP contribution >= 0.6 is 0 Å². The van der Waals surface area contributed by atoms with Gasteiger partial charge in [0.2, 0.25) is 0 Å². The van der Waals surface area contributed by atoms with Crippen LogP contribution in [0.25, 0.3) is 10.8 Å². The summed E-state index contributed by atoms with van der Waals surface area (Å²) in [5.41, 5.74) is 3.72. The van der Waals surface area contributed by atoms with E-state index in [1.54, 1.807) is 12.4 Å². The Bertz CT molecular complexity index is 545. The van der Waals surface area contributed by atoms with Crippen LogP contribution in [0.1, 0.15) is 18.0 Å². The van der Waals surface area contributed by atoms with E-state index in [1.165, 1.54) is 0 Å². The molecule has 0 spiro atoms. The summed E-state index contributed by atoms with van der Waals surface area (Å²) in [6.45, 7) is -0.322. The van der Waals surface area contributed by atoms with Crippen LogP contribution in [-0.4, -0.2) is 24.6 Å². The van der Waals surface area contributed by atoms with Crippen molar-refractivity contribution in [2.45, 2.75) is 18.9 Å².